The van der Waals surface area contributed by atoms with Gasteiger partial charge in [-0.05, 0) is 36.2 Å². The highest BCUT2D eigenvalue weighted by Crippen LogP contribution is 2.26. The van der Waals surface area contributed by atoms with Crippen molar-refractivity contribution in [3.05, 3.63) is 64.7 Å². The average Bonchev–Trinajstić information content (AvgIpc) is 3.19. The van der Waals surface area contributed by atoms with Gasteiger partial charge in [0.2, 0.25) is 0 Å². The highest BCUT2D eigenvalue weighted by molar-refractivity contribution is 7.91. The van der Waals surface area contributed by atoms with Crippen LogP contribution in [0.15, 0.2) is 42.5 Å². The van der Waals surface area contributed by atoms with E-state index in [1.165, 1.54) is 7.11 Å². The molecule has 8 nitrogen and oxygen atoms in total. The van der Waals surface area contributed by atoms with Crippen LogP contribution in [0.1, 0.15) is 43.1 Å². The molecule has 0 aromatic heterocycles. The van der Waals surface area contributed by atoms with Gasteiger partial charge in [-0.25, -0.2) is 8.42 Å². The minimum Gasteiger partial charge on any atom is -0.496 e. The van der Waals surface area contributed by atoms with Crippen molar-refractivity contribution in [3.8, 4) is 5.75 Å². The number of ether oxygens (including phenoxy) is 1. The molecule has 0 bridgehead atoms. The van der Waals surface area contributed by atoms with Crippen molar-refractivity contribution in [2.75, 3.05) is 18.6 Å². The molecule has 1 saturated heterocycles. The van der Waals surface area contributed by atoms with Gasteiger partial charge < -0.3 is 10.1 Å². The molecule has 0 aliphatic carbocycles. The maximum Gasteiger partial charge on any atom is 0.261 e. The lowest BCUT2D eigenvalue weighted by molar-refractivity contribution is 0.0642. The molecule has 2 aliphatic rings. The number of methoxy groups -OCH3 is 1. The topological polar surface area (TPSA) is 110 Å². The van der Waals surface area contributed by atoms with E-state index in [0.29, 0.717) is 28.9 Å². The van der Waals surface area contributed by atoms with Gasteiger partial charge in [0.05, 0.1) is 41.9 Å². The van der Waals surface area contributed by atoms with Crippen LogP contribution in [0, 0.1) is 0 Å². The second-order valence-electron chi connectivity index (χ2n) is 7.35. The summed E-state index contributed by atoms with van der Waals surface area (Å²) in [5.74, 6) is -0.940. The third-order valence-electron chi connectivity index (χ3n) is 5.30. The van der Waals surface area contributed by atoms with E-state index < -0.39 is 21.8 Å². The smallest absolute Gasteiger partial charge is 0.261 e. The fourth-order valence-corrected chi connectivity index (χ4v) is 5.44. The van der Waals surface area contributed by atoms with E-state index in [1.807, 2.05) is 0 Å². The highest BCUT2D eigenvalue weighted by atomic mass is 32.2. The first-order chi connectivity index (χ1) is 14.3. The molecule has 2 aromatic rings. The molecule has 1 fully saturated rings. The van der Waals surface area contributed by atoms with Crippen molar-refractivity contribution < 1.29 is 27.5 Å². The van der Waals surface area contributed by atoms with E-state index in [1.54, 1.807) is 42.5 Å². The Balaban J connectivity index is 1.55. The van der Waals surface area contributed by atoms with Gasteiger partial charge in [0.15, 0.2) is 9.84 Å². The number of nitrogens with zero attached hydrogens (tertiary/aromatic N) is 1. The monoisotopic (exact) mass is 428 g/mol. The molecule has 30 heavy (non-hydrogen) atoms. The zero-order valence-corrected chi connectivity index (χ0v) is 17.1. The summed E-state index contributed by atoms with van der Waals surface area (Å²) in [6, 6.07) is 11.0. The molecule has 9 heteroatoms. The van der Waals surface area contributed by atoms with Crippen molar-refractivity contribution in [2.45, 2.75) is 19.0 Å². The lowest BCUT2D eigenvalue weighted by Crippen LogP contribution is -2.36. The number of fused-ring (bicyclic) bond motifs is 1. The van der Waals surface area contributed by atoms with Crippen LogP contribution in [0.2, 0.25) is 0 Å². The van der Waals surface area contributed by atoms with Crippen molar-refractivity contribution in [1.29, 1.82) is 0 Å². The largest absolute Gasteiger partial charge is 0.496 e. The van der Waals surface area contributed by atoms with Crippen LogP contribution < -0.4 is 10.1 Å². The van der Waals surface area contributed by atoms with Crippen LogP contribution in [0.4, 0.5) is 0 Å². The van der Waals surface area contributed by atoms with E-state index in [2.05, 4.69) is 5.32 Å². The van der Waals surface area contributed by atoms with Crippen LogP contribution in [-0.2, 0) is 16.4 Å². The van der Waals surface area contributed by atoms with Crippen LogP contribution in [0.25, 0.3) is 0 Å². The molecule has 2 heterocycles. The maximum atomic E-state index is 12.8. The maximum absolute atomic E-state index is 12.8. The Labute approximate surface area is 173 Å². The van der Waals surface area contributed by atoms with Crippen LogP contribution in [0.3, 0.4) is 0 Å². The molecule has 2 aliphatic heterocycles. The van der Waals surface area contributed by atoms with E-state index in [4.69, 9.17) is 4.74 Å². The van der Waals surface area contributed by atoms with Crippen molar-refractivity contribution in [3.63, 3.8) is 0 Å². The number of amides is 3. The first-order valence-corrected chi connectivity index (χ1v) is 11.2. The first kappa shape index (κ1) is 20.1. The van der Waals surface area contributed by atoms with Gasteiger partial charge in [-0.15, -0.1) is 0 Å². The lowest BCUT2D eigenvalue weighted by Gasteiger charge is -2.17. The molecule has 1 atom stereocenters. The summed E-state index contributed by atoms with van der Waals surface area (Å²) in [6.07, 6.45) is 0.366. The first-order valence-electron chi connectivity index (χ1n) is 9.42. The molecule has 0 radical (unpaired) electrons. The Morgan fingerprint density at radius 2 is 1.80 bits per heavy atom. The van der Waals surface area contributed by atoms with Gasteiger partial charge in [-0.1, -0.05) is 18.2 Å². The SMILES string of the molecule is COc1ccc(CN2C(=O)c3ccccc3C2=O)cc1C(=O)NC1CCS(=O)(=O)C1. The molecule has 2 aromatic carbocycles. The third-order valence-corrected chi connectivity index (χ3v) is 7.06. The number of carbonyl (C=O) groups is 3. The van der Waals surface area contributed by atoms with Gasteiger partial charge in [-0.3, -0.25) is 19.3 Å². The Morgan fingerprint density at radius 3 is 2.37 bits per heavy atom. The summed E-state index contributed by atoms with van der Waals surface area (Å²) >= 11 is 0. The number of carbonyl (C=O) groups excluding carboxylic acids is 3. The fourth-order valence-electron chi connectivity index (χ4n) is 3.77. The number of benzene rings is 2. The van der Waals surface area contributed by atoms with Gasteiger partial charge in [0, 0.05) is 6.04 Å². The van der Waals surface area contributed by atoms with Crippen molar-refractivity contribution >= 4 is 27.6 Å². The second kappa shape index (κ2) is 7.56. The molecule has 3 amide bonds. The zero-order chi connectivity index (χ0) is 21.5. The van der Waals surface area contributed by atoms with Crippen molar-refractivity contribution in [2.24, 2.45) is 0 Å². The molecular weight excluding hydrogens is 408 g/mol. The number of hydrogen-bond acceptors (Lipinski definition) is 6. The lowest BCUT2D eigenvalue weighted by atomic mass is 10.1. The van der Waals surface area contributed by atoms with Gasteiger partial charge >= 0.3 is 0 Å². The van der Waals surface area contributed by atoms with Crippen LogP contribution >= 0.6 is 0 Å². The van der Waals surface area contributed by atoms with Crippen LogP contribution in [0.5, 0.6) is 5.75 Å². The molecule has 1 unspecified atom stereocenters. The molecule has 1 N–H and O–H groups in total. The molecule has 0 saturated carbocycles. The fraction of sp³-hybridized carbons (Fsp3) is 0.286. The molecule has 4 rings (SSSR count). The molecule has 0 spiro atoms. The average molecular weight is 428 g/mol. The number of nitrogens with one attached hydrogen (secondary N) is 1. The summed E-state index contributed by atoms with van der Waals surface area (Å²) in [5, 5.41) is 2.73. The summed E-state index contributed by atoms with van der Waals surface area (Å²) in [6.45, 7) is 0.00836. The Hall–Kier alpha value is -3.20. The summed E-state index contributed by atoms with van der Waals surface area (Å²) in [7, 11) is -1.70. The van der Waals surface area contributed by atoms with Gasteiger partial charge in [0.25, 0.3) is 17.7 Å². The summed E-state index contributed by atoms with van der Waals surface area (Å²) < 4.78 is 28.5. The second-order valence-corrected chi connectivity index (χ2v) is 9.58. The normalized spacial score (nSPS) is 19.6. The summed E-state index contributed by atoms with van der Waals surface area (Å²) in [4.78, 5) is 39.1. The van der Waals surface area contributed by atoms with Crippen molar-refractivity contribution in [1.82, 2.24) is 10.2 Å². The van der Waals surface area contributed by atoms with E-state index in [-0.39, 0.29) is 35.4 Å². The Bertz CT molecular complexity index is 1120. The molecular formula is C21H20N2O6S. The highest BCUT2D eigenvalue weighted by Gasteiger charge is 2.35. The van der Waals surface area contributed by atoms with E-state index in [0.717, 1.165) is 4.90 Å². The number of hydrogen-bond donors (Lipinski definition) is 1. The van der Waals surface area contributed by atoms with Crippen LogP contribution in [-0.4, -0.2) is 55.7 Å². The third kappa shape index (κ3) is 3.68. The number of rotatable bonds is 5. The predicted octanol–water partition coefficient (Wildman–Crippen LogP) is 1.41. The minimum absolute atomic E-state index is 0.00836. The number of sulfone groups is 1. The Morgan fingerprint density at radius 1 is 1.13 bits per heavy atom. The van der Waals surface area contributed by atoms with E-state index in [9.17, 15) is 22.8 Å². The van der Waals surface area contributed by atoms with Gasteiger partial charge in [-0.2, -0.15) is 0 Å². The predicted molar refractivity (Wildman–Crippen MR) is 108 cm³/mol. The van der Waals surface area contributed by atoms with Gasteiger partial charge in [0.1, 0.15) is 5.75 Å². The number of imide groups is 1. The standard InChI is InChI=1S/C21H20N2O6S/c1-29-18-7-6-13(10-17(18)19(24)22-14-8-9-30(27,28)12-14)11-23-20(25)15-4-2-3-5-16(15)21(23)26/h2-7,10,14H,8-9,11-12H2,1H3,(H,22,24). The Kier molecular flexibility index (Phi) is 5.07. The summed E-state index contributed by atoms with van der Waals surface area (Å²) in [5.41, 5.74) is 1.51. The molecule has 156 valence electrons. The minimum atomic E-state index is -3.13. The zero-order valence-electron chi connectivity index (χ0n) is 16.3. The van der Waals surface area contributed by atoms with E-state index >= 15 is 0 Å². The quantitative estimate of drug-likeness (QED) is 0.721.